The van der Waals surface area contributed by atoms with Gasteiger partial charge in [0.1, 0.15) is 5.82 Å². The Morgan fingerprint density at radius 3 is 2.45 bits per heavy atom. The second-order valence-corrected chi connectivity index (χ2v) is 9.99. The van der Waals surface area contributed by atoms with E-state index in [-0.39, 0.29) is 17.2 Å². The number of fused-ring (bicyclic) bond motifs is 1. The van der Waals surface area contributed by atoms with E-state index in [4.69, 9.17) is 0 Å². The lowest BCUT2D eigenvalue weighted by molar-refractivity contribution is -0.121. The van der Waals surface area contributed by atoms with Gasteiger partial charge in [0.05, 0.1) is 15.9 Å². The Bertz CT molecular complexity index is 1240. The standard InChI is InChI=1S/C23H29N5O4S/c1-4-5-15-28-20-12-11-18(33(31,32)27(2)3)16-19(20)24-21(28)13-14-22(29)25-26-23(30)17-9-7-6-8-10-17/h6-12,16H,4-5,13-15H2,1-3H3,(H,25,29)(H,26,30). The molecule has 9 nitrogen and oxygen atoms in total. The summed E-state index contributed by atoms with van der Waals surface area (Å²) < 4.78 is 28.2. The number of carbonyl (C=O) groups excluding carboxylic acids is 2. The molecule has 0 atom stereocenters. The number of nitrogens with zero attached hydrogens (tertiary/aromatic N) is 3. The third kappa shape index (κ3) is 5.77. The van der Waals surface area contributed by atoms with Crippen LogP contribution in [0.3, 0.4) is 0 Å². The van der Waals surface area contributed by atoms with Crippen molar-refractivity contribution in [2.45, 2.75) is 44.0 Å². The number of aromatic nitrogens is 2. The fraction of sp³-hybridized carbons (Fsp3) is 0.348. The number of hydrogen-bond acceptors (Lipinski definition) is 5. The third-order valence-corrected chi connectivity index (χ3v) is 7.05. The monoisotopic (exact) mass is 471 g/mol. The van der Waals surface area contributed by atoms with Crippen molar-refractivity contribution >= 4 is 32.9 Å². The molecule has 3 aromatic rings. The first-order valence-corrected chi connectivity index (χ1v) is 12.2. The first-order valence-electron chi connectivity index (χ1n) is 10.8. The van der Waals surface area contributed by atoms with E-state index in [9.17, 15) is 18.0 Å². The molecular weight excluding hydrogens is 442 g/mol. The van der Waals surface area contributed by atoms with Crippen LogP contribution in [-0.2, 0) is 27.8 Å². The van der Waals surface area contributed by atoms with Crippen LogP contribution in [0.1, 0.15) is 42.4 Å². The van der Waals surface area contributed by atoms with Gasteiger partial charge in [0.15, 0.2) is 0 Å². The Morgan fingerprint density at radius 2 is 1.79 bits per heavy atom. The quantitative estimate of drug-likeness (QED) is 0.466. The molecule has 2 amide bonds. The molecule has 0 spiro atoms. The summed E-state index contributed by atoms with van der Waals surface area (Å²) in [6, 6.07) is 13.5. The molecule has 2 aromatic carbocycles. The Balaban J connectivity index is 1.74. The minimum absolute atomic E-state index is 0.118. The lowest BCUT2D eigenvalue weighted by Gasteiger charge is -2.11. The molecule has 0 aliphatic heterocycles. The summed E-state index contributed by atoms with van der Waals surface area (Å²) in [5.74, 6) is -0.0413. The van der Waals surface area contributed by atoms with Crippen LogP contribution < -0.4 is 10.9 Å². The van der Waals surface area contributed by atoms with Gasteiger partial charge in [0, 0.05) is 39.0 Å². The van der Waals surface area contributed by atoms with E-state index in [0.29, 0.717) is 29.9 Å². The molecule has 3 rings (SSSR count). The predicted octanol–water partition coefficient (Wildman–Crippen LogP) is 2.48. The molecule has 0 aliphatic rings. The van der Waals surface area contributed by atoms with Crippen molar-refractivity contribution in [2.75, 3.05) is 14.1 Å². The fourth-order valence-corrected chi connectivity index (χ4v) is 4.29. The van der Waals surface area contributed by atoms with Crippen molar-refractivity contribution in [3.63, 3.8) is 0 Å². The van der Waals surface area contributed by atoms with Crippen LogP contribution in [0.15, 0.2) is 53.4 Å². The maximum atomic E-state index is 12.5. The van der Waals surface area contributed by atoms with Crippen LogP contribution in [0, 0.1) is 0 Å². The van der Waals surface area contributed by atoms with Gasteiger partial charge in [0.2, 0.25) is 15.9 Å². The molecular formula is C23H29N5O4S. The number of benzene rings is 2. The van der Waals surface area contributed by atoms with E-state index in [2.05, 4.69) is 22.8 Å². The van der Waals surface area contributed by atoms with Crippen LogP contribution in [0.5, 0.6) is 0 Å². The minimum atomic E-state index is -3.57. The number of aryl methyl sites for hydroxylation is 2. The molecule has 33 heavy (non-hydrogen) atoms. The van der Waals surface area contributed by atoms with Gasteiger partial charge in [-0.3, -0.25) is 20.4 Å². The van der Waals surface area contributed by atoms with Gasteiger partial charge in [-0.1, -0.05) is 31.5 Å². The highest BCUT2D eigenvalue weighted by molar-refractivity contribution is 7.89. The Labute approximate surface area is 193 Å². The molecule has 0 unspecified atom stereocenters. The summed E-state index contributed by atoms with van der Waals surface area (Å²) in [6.07, 6.45) is 2.38. The number of carbonyl (C=O) groups is 2. The molecule has 0 aliphatic carbocycles. The zero-order valence-corrected chi connectivity index (χ0v) is 19.9. The first-order chi connectivity index (χ1) is 15.7. The summed E-state index contributed by atoms with van der Waals surface area (Å²) in [7, 11) is -0.601. The zero-order valence-electron chi connectivity index (χ0n) is 19.0. The Morgan fingerprint density at radius 1 is 1.06 bits per heavy atom. The highest BCUT2D eigenvalue weighted by atomic mass is 32.2. The van der Waals surface area contributed by atoms with Crippen molar-refractivity contribution in [3.05, 3.63) is 59.9 Å². The van der Waals surface area contributed by atoms with Gasteiger partial charge in [-0.2, -0.15) is 0 Å². The van der Waals surface area contributed by atoms with Crippen LogP contribution in [0.2, 0.25) is 0 Å². The number of unbranched alkanes of at least 4 members (excludes halogenated alkanes) is 1. The van der Waals surface area contributed by atoms with Crippen LogP contribution in [0.4, 0.5) is 0 Å². The number of imidazole rings is 1. The maximum absolute atomic E-state index is 12.5. The predicted molar refractivity (Wildman–Crippen MR) is 126 cm³/mol. The van der Waals surface area contributed by atoms with Crippen molar-refractivity contribution in [1.29, 1.82) is 0 Å². The molecule has 0 saturated heterocycles. The first kappa shape index (κ1) is 24.4. The second-order valence-electron chi connectivity index (χ2n) is 7.84. The number of hydrazine groups is 1. The third-order valence-electron chi connectivity index (χ3n) is 5.24. The largest absolute Gasteiger partial charge is 0.328 e. The number of hydrogen-bond donors (Lipinski definition) is 2. The Kier molecular flexibility index (Phi) is 7.83. The van der Waals surface area contributed by atoms with Gasteiger partial charge in [0.25, 0.3) is 5.91 Å². The minimum Gasteiger partial charge on any atom is -0.328 e. The van der Waals surface area contributed by atoms with E-state index in [1.54, 1.807) is 48.5 Å². The van der Waals surface area contributed by atoms with Gasteiger partial charge in [-0.15, -0.1) is 0 Å². The zero-order chi connectivity index (χ0) is 24.0. The lowest BCUT2D eigenvalue weighted by atomic mass is 10.2. The molecule has 10 heteroatoms. The van der Waals surface area contributed by atoms with Crippen molar-refractivity contribution in [3.8, 4) is 0 Å². The van der Waals surface area contributed by atoms with E-state index in [1.807, 2.05) is 4.57 Å². The van der Waals surface area contributed by atoms with Crippen LogP contribution in [-0.4, -0.2) is 48.2 Å². The van der Waals surface area contributed by atoms with Crippen LogP contribution in [0.25, 0.3) is 11.0 Å². The van der Waals surface area contributed by atoms with Gasteiger partial charge in [-0.25, -0.2) is 17.7 Å². The summed E-state index contributed by atoms with van der Waals surface area (Å²) in [5, 5.41) is 0. The summed E-state index contributed by atoms with van der Waals surface area (Å²) in [5.41, 5.74) is 6.68. The normalized spacial score (nSPS) is 11.6. The summed E-state index contributed by atoms with van der Waals surface area (Å²) in [4.78, 5) is 29.2. The fourth-order valence-electron chi connectivity index (χ4n) is 3.36. The highest BCUT2D eigenvalue weighted by Gasteiger charge is 2.20. The highest BCUT2D eigenvalue weighted by Crippen LogP contribution is 2.23. The topological polar surface area (TPSA) is 113 Å². The van der Waals surface area contributed by atoms with Gasteiger partial charge < -0.3 is 4.57 Å². The van der Waals surface area contributed by atoms with E-state index < -0.39 is 15.9 Å². The van der Waals surface area contributed by atoms with Crippen molar-refractivity contribution in [2.24, 2.45) is 0 Å². The van der Waals surface area contributed by atoms with E-state index in [0.717, 1.165) is 22.7 Å². The molecule has 1 aromatic heterocycles. The number of nitrogens with one attached hydrogen (secondary N) is 2. The number of sulfonamides is 1. The summed E-state index contributed by atoms with van der Waals surface area (Å²) >= 11 is 0. The molecule has 2 N–H and O–H groups in total. The van der Waals surface area contributed by atoms with Crippen molar-refractivity contribution in [1.82, 2.24) is 24.7 Å². The number of amides is 2. The molecule has 0 fully saturated rings. The average molecular weight is 472 g/mol. The molecule has 176 valence electrons. The smallest absolute Gasteiger partial charge is 0.269 e. The van der Waals surface area contributed by atoms with Gasteiger partial charge in [-0.05, 0) is 36.8 Å². The van der Waals surface area contributed by atoms with E-state index >= 15 is 0 Å². The molecule has 1 heterocycles. The summed E-state index contributed by atoms with van der Waals surface area (Å²) in [6.45, 7) is 2.80. The van der Waals surface area contributed by atoms with Crippen molar-refractivity contribution < 1.29 is 18.0 Å². The van der Waals surface area contributed by atoms with Gasteiger partial charge >= 0.3 is 0 Å². The molecule has 0 radical (unpaired) electrons. The number of rotatable bonds is 9. The maximum Gasteiger partial charge on any atom is 0.269 e. The Hall–Kier alpha value is -3.24. The van der Waals surface area contributed by atoms with E-state index in [1.165, 1.54) is 14.1 Å². The lowest BCUT2D eigenvalue weighted by Crippen LogP contribution is -2.41. The average Bonchev–Trinajstić information content (AvgIpc) is 3.16. The SMILES string of the molecule is CCCCn1c(CCC(=O)NNC(=O)c2ccccc2)nc2cc(S(=O)(=O)N(C)C)ccc21. The second kappa shape index (κ2) is 10.6. The molecule has 0 saturated carbocycles. The van der Waals surface area contributed by atoms with Crippen LogP contribution >= 0.6 is 0 Å². The molecule has 0 bridgehead atoms.